The van der Waals surface area contributed by atoms with Gasteiger partial charge < -0.3 is 18.9 Å². The highest BCUT2D eigenvalue weighted by atomic mass is 16.7. The van der Waals surface area contributed by atoms with Crippen molar-refractivity contribution in [2.75, 3.05) is 13.9 Å². The van der Waals surface area contributed by atoms with Crippen molar-refractivity contribution in [3.8, 4) is 23.0 Å². The molecule has 6 heteroatoms. The molecule has 6 nitrogen and oxygen atoms in total. The number of hydrogen-bond donors (Lipinski definition) is 0. The first kappa shape index (κ1) is 17.2. The lowest BCUT2D eigenvalue weighted by molar-refractivity contribution is -0.0190. The third-order valence-corrected chi connectivity index (χ3v) is 5.81. The van der Waals surface area contributed by atoms with Gasteiger partial charge in [-0.05, 0) is 48.5 Å². The Labute approximate surface area is 174 Å². The van der Waals surface area contributed by atoms with Crippen molar-refractivity contribution >= 4 is 5.71 Å². The van der Waals surface area contributed by atoms with Gasteiger partial charge >= 0.3 is 0 Å². The van der Waals surface area contributed by atoms with E-state index in [0.29, 0.717) is 0 Å². The van der Waals surface area contributed by atoms with Gasteiger partial charge in [0, 0.05) is 23.1 Å². The van der Waals surface area contributed by atoms with E-state index in [1.807, 2.05) is 60.7 Å². The Hall–Kier alpha value is -3.67. The Balaban J connectivity index is 1.41. The molecule has 0 unspecified atom stereocenters. The van der Waals surface area contributed by atoms with Crippen molar-refractivity contribution < 1.29 is 18.9 Å². The maximum absolute atomic E-state index is 6.40. The first-order chi connectivity index (χ1) is 14.8. The second-order valence-corrected chi connectivity index (χ2v) is 7.50. The molecule has 0 radical (unpaired) electrons. The second kappa shape index (κ2) is 6.69. The van der Waals surface area contributed by atoms with Gasteiger partial charge in [0.25, 0.3) is 0 Å². The average Bonchev–Trinajstić information content (AvgIpc) is 3.45. The molecule has 3 aliphatic rings. The largest absolute Gasteiger partial charge is 0.497 e. The summed E-state index contributed by atoms with van der Waals surface area (Å²) in [6, 6.07) is 22.3. The molecule has 0 saturated heterocycles. The van der Waals surface area contributed by atoms with Crippen molar-refractivity contribution in [2.24, 2.45) is 5.10 Å². The van der Waals surface area contributed by atoms with Crippen LogP contribution in [0, 0.1) is 0 Å². The van der Waals surface area contributed by atoms with Crippen molar-refractivity contribution in [1.82, 2.24) is 5.01 Å². The van der Waals surface area contributed by atoms with Crippen LogP contribution in [-0.4, -0.2) is 24.6 Å². The van der Waals surface area contributed by atoms with E-state index in [-0.39, 0.29) is 19.1 Å². The summed E-state index contributed by atoms with van der Waals surface area (Å²) in [7, 11) is 1.67. The monoisotopic (exact) mass is 400 g/mol. The second-order valence-electron chi connectivity index (χ2n) is 7.50. The van der Waals surface area contributed by atoms with E-state index in [1.54, 1.807) is 7.11 Å². The van der Waals surface area contributed by atoms with Gasteiger partial charge in [-0.25, -0.2) is 5.01 Å². The third-order valence-electron chi connectivity index (χ3n) is 5.81. The number of hydrogen-bond acceptors (Lipinski definition) is 6. The summed E-state index contributed by atoms with van der Waals surface area (Å²) in [6.07, 6.45) is 0.495. The molecule has 0 N–H and O–H groups in total. The molecule has 0 aromatic heterocycles. The molecule has 0 fully saturated rings. The van der Waals surface area contributed by atoms with E-state index in [0.717, 1.165) is 51.8 Å². The summed E-state index contributed by atoms with van der Waals surface area (Å²) in [4.78, 5) is 0. The molecule has 30 heavy (non-hydrogen) atoms. The molecule has 0 aliphatic carbocycles. The smallest absolute Gasteiger partial charge is 0.231 e. The van der Waals surface area contributed by atoms with Crippen LogP contribution >= 0.6 is 0 Å². The topological polar surface area (TPSA) is 52.5 Å². The van der Waals surface area contributed by atoms with E-state index in [9.17, 15) is 0 Å². The van der Waals surface area contributed by atoms with Crippen LogP contribution in [0.15, 0.2) is 71.8 Å². The number of nitrogens with zero attached hydrogens (tertiary/aromatic N) is 2. The first-order valence-corrected chi connectivity index (χ1v) is 9.95. The standard InChI is InChI=1S/C24H20N2O4/c1-27-17-9-6-15(7-10-17)24-26-20(18-4-2-3-5-21(18)30-24)13-19(25-26)16-8-11-22-23(12-16)29-14-28-22/h2-12,20,24H,13-14H2,1H3/t20-,24-/m1/s1. The molecule has 0 spiro atoms. The Morgan fingerprint density at radius 2 is 1.77 bits per heavy atom. The number of fused-ring (bicyclic) bond motifs is 4. The highest BCUT2D eigenvalue weighted by Crippen LogP contribution is 2.48. The number of hydrazone groups is 1. The zero-order chi connectivity index (χ0) is 20.1. The molecular weight excluding hydrogens is 380 g/mol. The summed E-state index contributed by atoms with van der Waals surface area (Å²) in [5, 5.41) is 7.08. The number of methoxy groups -OCH3 is 1. The number of para-hydroxylation sites is 1. The van der Waals surface area contributed by atoms with Gasteiger partial charge in [0.1, 0.15) is 11.5 Å². The predicted octanol–water partition coefficient (Wildman–Crippen LogP) is 4.67. The van der Waals surface area contributed by atoms with E-state index in [1.165, 1.54) is 0 Å². The fourth-order valence-corrected chi connectivity index (χ4v) is 4.27. The number of benzene rings is 3. The minimum Gasteiger partial charge on any atom is -0.497 e. The lowest BCUT2D eigenvalue weighted by Crippen LogP contribution is -2.33. The molecule has 3 heterocycles. The van der Waals surface area contributed by atoms with Gasteiger partial charge in [-0.1, -0.05) is 18.2 Å². The van der Waals surface area contributed by atoms with Crippen molar-refractivity contribution in [2.45, 2.75) is 18.7 Å². The molecule has 0 bridgehead atoms. The normalized spacial score (nSPS) is 20.8. The van der Waals surface area contributed by atoms with Gasteiger partial charge in [0.15, 0.2) is 11.5 Å². The quantitative estimate of drug-likeness (QED) is 0.640. The highest BCUT2D eigenvalue weighted by molar-refractivity contribution is 6.02. The summed E-state index contributed by atoms with van der Waals surface area (Å²) in [5.41, 5.74) is 4.24. The minimum atomic E-state index is -0.303. The maximum Gasteiger partial charge on any atom is 0.231 e. The zero-order valence-corrected chi connectivity index (χ0v) is 16.4. The van der Waals surface area contributed by atoms with Crippen LogP contribution < -0.4 is 18.9 Å². The summed E-state index contributed by atoms with van der Waals surface area (Å²) >= 11 is 0. The molecule has 0 saturated carbocycles. The van der Waals surface area contributed by atoms with Crippen LogP contribution in [0.5, 0.6) is 23.0 Å². The number of rotatable bonds is 3. The Bertz CT molecular complexity index is 1140. The van der Waals surface area contributed by atoms with Crippen LogP contribution in [0.2, 0.25) is 0 Å². The van der Waals surface area contributed by atoms with Crippen LogP contribution in [0.25, 0.3) is 0 Å². The predicted molar refractivity (Wildman–Crippen MR) is 111 cm³/mol. The van der Waals surface area contributed by atoms with Gasteiger partial charge in [-0.15, -0.1) is 0 Å². The van der Waals surface area contributed by atoms with E-state index < -0.39 is 0 Å². The molecule has 3 aliphatic heterocycles. The molecule has 3 aromatic carbocycles. The number of ether oxygens (including phenoxy) is 4. The van der Waals surface area contributed by atoms with Gasteiger partial charge in [0.2, 0.25) is 13.0 Å². The fourth-order valence-electron chi connectivity index (χ4n) is 4.27. The molecule has 0 amide bonds. The van der Waals surface area contributed by atoms with Crippen LogP contribution in [-0.2, 0) is 0 Å². The van der Waals surface area contributed by atoms with E-state index in [4.69, 9.17) is 24.0 Å². The van der Waals surface area contributed by atoms with E-state index >= 15 is 0 Å². The minimum absolute atomic E-state index is 0.113. The van der Waals surface area contributed by atoms with Crippen LogP contribution in [0.4, 0.5) is 0 Å². The maximum atomic E-state index is 6.40. The average molecular weight is 400 g/mol. The molecule has 6 rings (SSSR count). The Morgan fingerprint density at radius 3 is 2.63 bits per heavy atom. The summed E-state index contributed by atoms with van der Waals surface area (Å²) < 4.78 is 22.7. The van der Waals surface area contributed by atoms with Gasteiger partial charge in [-0.2, -0.15) is 5.10 Å². The Kier molecular flexibility index (Phi) is 3.84. The van der Waals surface area contributed by atoms with Gasteiger partial charge in [0.05, 0.1) is 18.9 Å². The SMILES string of the molecule is COc1ccc([C@H]2Oc3ccccc3[C@H]3CC(c4ccc5c(c4)OCO5)=NN32)cc1. The molecule has 3 aromatic rings. The highest BCUT2D eigenvalue weighted by Gasteiger charge is 2.41. The Morgan fingerprint density at radius 1 is 0.933 bits per heavy atom. The summed E-state index contributed by atoms with van der Waals surface area (Å²) in [6.45, 7) is 0.265. The molecule has 2 atom stereocenters. The van der Waals surface area contributed by atoms with Crippen molar-refractivity contribution in [1.29, 1.82) is 0 Å². The zero-order valence-electron chi connectivity index (χ0n) is 16.4. The van der Waals surface area contributed by atoms with Crippen LogP contribution in [0.3, 0.4) is 0 Å². The first-order valence-electron chi connectivity index (χ1n) is 9.95. The lowest BCUT2D eigenvalue weighted by Gasteiger charge is -2.38. The van der Waals surface area contributed by atoms with Gasteiger partial charge in [-0.3, -0.25) is 0 Å². The summed E-state index contributed by atoms with van der Waals surface area (Å²) in [5.74, 6) is 3.27. The lowest BCUT2D eigenvalue weighted by atomic mass is 9.96. The van der Waals surface area contributed by atoms with Crippen molar-refractivity contribution in [3.05, 3.63) is 83.4 Å². The van der Waals surface area contributed by atoms with Crippen LogP contribution in [0.1, 0.15) is 35.4 Å². The molecular formula is C24H20N2O4. The molecule has 150 valence electrons. The van der Waals surface area contributed by atoms with E-state index in [2.05, 4.69) is 11.1 Å². The van der Waals surface area contributed by atoms with Crippen molar-refractivity contribution in [3.63, 3.8) is 0 Å². The third kappa shape index (κ3) is 2.68. The fraction of sp³-hybridized carbons (Fsp3) is 0.208.